The molecule has 5 heteroatoms. The van der Waals surface area contributed by atoms with Crippen molar-refractivity contribution in [1.82, 2.24) is 4.31 Å². The lowest BCUT2D eigenvalue weighted by Crippen LogP contribution is -2.37. The van der Waals surface area contributed by atoms with E-state index in [1.807, 2.05) is 13.0 Å². The van der Waals surface area contributed by atoms with Crippen molar-refractivity contribution in [3.8, 4) is 0 Å². The molecule has 0 heterocycles. The van der Waals surface area contributed by atoms with E-state index in [-0.39, 0.29) is 6.04 Å². The summed E-state index contributed by atoms with van der Waals surface area (Å²) in [5, 5.41) is 0. The molecule has 0 unspecified atom stereocenters. The van der Waals surface area contributed by atoms with Crippen LogP contribution in [-0.2, 0) is 16.6 Å². The first-order valence-corrected chi connectivity index (χ1v) is 9.19. The Balaban J connectivity index is 2.32. The summed E-state index contributed by atoms with van der Waals surface area (Å²) < 4.78 is 27.4. The van der Waals surface area contributed by atoms with Gasteiger partial charge in [-0.1, -0.05) is 37.8 Å². The van der Waals surface area contributed by atoms with Crippen molar-refractivity contribution in [1.29, 1.82) is 0 Å². The standard InChI is InChI=1S/C16H26N2O2S/c1-13-14(12-17)8-7-11-16(13)21(19,20)18(2)15-9-5-3-4-6-10-15/h7-8,11,15H,3-6,9-10,12,17H2,1-2H3. The van der Waals surface area contributed by atoms with Crippen LogP contribution < -0.4 is 5.73 Å². The second-order valence-electron chi connectivity index (χ2n) is 5.91. The molecule has 0 saturated heterocycles. The lowest BCUT2D eigenvalue weighted by Gasteiger charge is -2.27. The van der Waals surface area contributed by atoms with Crippen LogP contribution >= 0.6 is 0 Å². The topological polar surface area (TPSA) is 63.4 Å². The molecule has 0 atom stereocenters. The Morgan fingerprint density at radius 2 is 1.81 bits per heavy atom. The molecule has 4 nitrogen and oxygen atoms in total. The van der Waals surface area contributed by atoms with E-state index in [9.17, 15) is 8.42 Å². The molecule has 2 rings (SSSR count). The van der Waals surface area contributed by atoms with Crippen molar-refractivity contribution in [3.05, 3.63) is 29.3 Å². The predicted molar refractivity (Wildman–Crippen MR) is 85.5 cm³/mol. The highest BCUT2D eigenvalue weighted by atomic mass is 32.2. The maximum absolute atomic E-state index is 12.9. The molecule has 1 fully saturated rings. The molecule has 0 amide bonds. The summed E-state index contributed by atoms with van der Waals surface area (Å²) >= 11 is 0. The Morgan fingerprint density at radius 3 is 2.38 bits per heavy atom. The zero-order chi connectivity index (χ0) is 15.5. The Morgan fingerprint density at radius 1 is 1.19 bits per heavy atom. The number of benzene rings is 1. The fraction of sp³-hybridized carbons (Fsp3) is 0.625. The fourth-order valence-electron chi connectivity index (χ4n) is 3.13. The quantitative estimate of drug-likeness (QED) is 0.870. The van der Waals surface area contributed by atoms with Gasteiger partial charge in [0.05, 0.1) is 4.90 Å². The van der Waals surface area contributed by atoms with Gasteiger partial charge in [0.25, 0.3) is 0 Å². The van der Waals surface area contributed by atoms with Crippen LogP contribution in [0.3, 0.4) is 0 Å². The minimum absolute atomic E-state index is 0.124. The van der Waals surface area contributed by atoms with E-state index in [0.29, 0.717) is 11.4 Å². The van der Waals surface area contributed by atoms with Crippen LogP contribution in [0.5, 0.6) is 0 Å². The number of sulfonamides is 1. The van der Waals surface area contributed by atoms with Crippen LogP contribution in [0.1, 0.15) is 49.7 Å². The van der Waals surface area contributed by atoms with Gasteiger partial charge < -0.3 is 5.73 Å². The minimum atomic E-state index is -3.44. The van der Waals surface area contributed by atoms with Gasteiger partial charge in [0.1, 0.15) is 0 Å². The highest BCUT2D eigenvalue weighted by Gasteiger charge is 2.29. The molecule has 1 aliphatic carbocycles. The monoisotopic (exact) mass is 310 g/mol. The number of rotatable bonds is 4. The van der Waals surface area contributed by atoms with Crippen molar-refractivity contribution < 1.29 is 8.42 Å². The van der Waals surface area contributed by atoms with Crippen LogP contribution in [-0.4, -0.2) is 25.8 Å². The summed E-state index contributed by atoms with van der Waals surface area (Å²) in [5.74, 6) is 0. The molecule has 1 aliphatic rings. The smallest absolute Gasteiger partial charge is 0.243 e. The second-order valence-corrected chi connectivity index (χ2v) is 7.88. The van der Waals surface area contributed by atoms with Gasteiger partial charge in [-0.15, -0.1) is 0 Å². The van der Waals surface area contributed by atoms with E-state index in [0.717, 1.165) is 36.8 Å². The first-order chi connectivity index (χ1) is 9.98. The molecule has 0 bridgehead atoms. The van der Waals surface area contributed by atoms with Crippen LogP contribution in [0, 0.1) is 6.92 Å². The van der Waals surface area contributed by atoms with Gasteiger partial charge in [0, 0.05) is 19.6 Å². The Bertz CT molecular complexity index is 576. The van der Waals surface area contributed by atoms with Gasteiger partial charge in [0.15, 0.2) is 0 Å². The lowest BCUT2D eigenvalue weighted by molar-refractivity contribution is 0.335. The molecule has 1 saturated carbocycles. The van der Waals surface area contributed by atoms with Crippen molar-refractivity contribution in [2.75, 3.05) is 7.05 Å². The summed E-state index contributed by atoms with van der Waals surface area (Å²) in [4.78, 5) is 0.400. The molecule has 1 aromatic carbocycles. The zero-order valence-corrected chi connectivity index (χ0v) is 13.8. The van der Waals surface area contributed by atoms with Crippen LogP contribution in [0.2, 0.25) is 0 Å². The Kier molecular flexibility index (Phi) is 5.41. The maximum atomic E-state index is 12.9. The second kappa shape index (κ2) is 6.90. The number of hydrogen-bond donors (Lipinski definition) is 1. The molecule has 21 heavy (non-hydrogen) atoms. The summed E-state index contributed by atoms with van der Waals surface area (Å²) in [6, 6.07) is 5.48. The SMILES string of the molecule is Cc1c(CN)cccc1S(=O)(=O)N(C)C1CCCCCC1. The summed E-state index contributed by atoms with van der Waals surface area (Å²) in [7, 11) is -1.72. The molecule has 1 aromatic rings. The highest BCUT2D eigenvalue weighted by molar-refractivity contribution is 7.89. The molecule has 0 radical (unpaired) electrons. The van der Waals surface area contributed by atoms with E-state index in [1.54, 1.807) is 23.5 Å². The molecular formula is C16H26N2O2S. The molecule has 0 aromatic heterocycles. The Labute approximate surface area is 128 Å². The number of hydrogen-bond acceptors (Lipinski definition) is 3. The average Bonchev–Trinajstić information content (AvgIpc) is 2.75. The normalized spacial score (nSPS) is 17.9. The van der Waals surface area contributed by atoms with Gasteiger partial charge >= 0.3 is 0 Å². The zero-order valence-electron chi connectivity index (χ0n) is 13.0. The van der Waals surface area contributed by atoms with E-state index in [1.165, 1.54) is 12.8 Å². The Hall–Kier alpha value is -0.910. The largest absolute Gasteiger partial charge is 0.326 e. The van der Waals surface area contributed by atoms with Crippen molar-refractivity contribution >= 4 is 10.0 Å². The molecular weight excluding hydrogens is 284 g/mol. The molecule has 118 valence electrons. The van der Waals surface area contributed by atoms with Crippen LogP contribution in [0.15, 0.2) is 23.1 Å². The van der Waals surface area contributed by atoms with Crippen molar-refractivity contribution in [2.45, 2.75) is 62.9 Å². The van der Waals surface area contributed by atoms with E-state index in [4.69, 9.17) is 5.73 Å². The fourth-order valence-corrected chi connectivity index (χ4v) is 4.82. The third kappa shape index (κ3) is 3.47. The number of nitrogens with zero attached hydrogens (tertiary/aromatic N) is 1. The predicted octanol–water partition coefficient (Wildman–Crippen LogP) is 2.80. The van der Waals surface area contributed by atoms with Gasteiger partial charge in [-0.05, 0) is 37.0 Å². The number of nitrogens with two attached hydrogens (primary N) is 1. The summed E-state index contributed by atoms with van der Waals surface area (Å²) in [6.45, 7) is 2.21. The first kappa shape index (κ1) is 16.5. The highest BCUT2D eigenvalue weighted by Crippen LogP contribution is 2.28. The van der Waals surface area contributed by atoms with Crippen LogP contribution in [0.25, 0.3) is 0 Å². The van der Waals surface area contributed by atoms with Crippen LogP contribution in [0.4, 0.5) is 0 Å². The molecule has 0 spiro atoms. The van der Waals surface area contributed by atoms with E-state index in [2.05, 4.69) is 0 Å². The van der Waals surface area contributed by atoms with E-state index < -0.39 is 10.0 Å². The van der Waals surface area contributed by atoms with Gasteiger partial charge in [-0.25, -0.2) is 8.42 Å². The first-order valence-electron chi connectivity index (χ1n) is 7.75. The summed E-state index contributed by atoms with van der Waals surface area (Å²) in [5.41, 5.74) is 7.37. The average molecular weight is 310 g/mol. The third-order valence-electron chi connectivity index (χ3n) is 4.61. The van der Waals surface area contributed by atoms with Gasteiger partial charge in [-0.3, -0.25) is 0 Å². The van der Waals surface area contributed by atoms with Crippen molar-refractivity contribution in [2.24, 2.45) is 5.73 Å². The molecule has 2 N–H and O–H groups in total. The minimum Gasteiger partial charge on any atom is -0.326 e. The third-order valence-corrected chi connectivity index (χ3v) is 6.67. The van der Waals surface area contributed by atoms with Crippen molar-refractivity contribution in [3.63, 3.8) is 0 Å². The van der Waals surface area contributed by atoms with Gasteiger partial charge in [-0.2, -0.15) is 4.31 Å². The van der Waals surface area contributed by atoms with E-state index >= 15 is 0 Å². The lowest BCUT2D eigenvalue weighted by atomic mass is 10.1. The van der Waals surface area contributed by atoms with Gasteiger partial charge in [0.2, 0.25) is 10.0 Å². The molecule has 0 aliphatic heterocycles. The summed E-state index contributed by atoms with van der Waals surface area (Å²) in [6.07, 6.45) is 6.59. The maximum Gasteiger partial charge on any atom is 0.243 e.